The van der Waals surface area contributed by atoms with Gasteiger partial charge in [0.2, 0.25) is 5.91 Å². The molecule has 0 spiro atoms. The van der Waals surface area contributed by atoms with Crippen LogP contribution in [0.1, 0.15) is 5.56 Å². The first-order chi connectivity index (χ1) is 14.0. The Morgan fingerprint density at radius 3 is 2.55 bits per heavy atom. The number of nitrogens with zero attached hydrogens (tertiary/aromatic N) is 3. The molecule has 0 aliphatic rings. The lowest BCUT2D eigenvalue weighted by Gasteiger charge is -2.12. The Balaban J connectivity index is 1.82. The molecule has 1 aromatic heterocycles. The van der Waals surface area contributed by atoms with Crippen LogP contribution in [0.5, 0.6) is 0 Å². The molecule has 1 heterocycles. The van der Waals surface area contributed by atoms with Crippen LogP contribution >= 0.6 is 11.8 Å². The van der Waals surface area contributed by atoms with Gasteiger partial charge in [-0.1, -0.05) is 42.1 Å². The van der Waals surface area contributed by atoms with Gasteiger partial charge in [0.05, 0.1) is 16.8 Å². The predicted molar refractivity (Wildman–Crippen MR) is 108 cm³/mol. The smallest absolute Gasteiger partial charge is 0.287 e. The van der Waals surface area contributed by atoms with Crippen LogP contribution in [0.4, 0.5) is 11.4 Å². The summed E-state index contributed by atoms with van der Waals surface area (Å²) in [5.74, 6) is -0.544. The molecular weight excluding hydrogens is 392 g/mol. The number of nitrogens with one attached hydrogen (secondary N) is 1. The minimum Gasteiger partial charge on any atom is -0.324 e. The lowest BCUT2D eigenvalue weighted by molar-refractivity contribution is -0.385. The van der Waals surface area contributed by atoms with E-state index in [1.807, 2.05) is 42.5 Å². The molecule has 0 aliphatic heterocycles. The standard InChI is InChI=1S/C20H14N4O4S/c21-11-14-10-15(24(27)28)12-23(20(14)26)13-19(25)22-17-8-4-5-9-18(17)29-16-6-2-1-3-7-16/h1-10,12H,13H2,(H,22,25). The predicted octanol–water partition coefficient (Wildman–Crippen LogP) is 3.42. The van der Waals surface area contributed by atoms with Gasteiger partial charge in [-0.15, -0.1) is 0 Å². The molecule has 2 aromatic carbocycles. The average molecular weight is 406 g/mol. The zero-order valence-electron chi connectivity index (χ0n) is 14.9. The van der Waals surface area contributed by atoms with Crippen molar-refractivity contribution >= 4 is 29.0 Å². The number of para-hydroxylation sites is 1. The molecule has 8 nitrogen and oxygen atoms in total. The van der Waals surface area contributed by atoms with Gasteiger partial charge >= 0.3 is 0 Å². The Labute approximate surface area is 169 Å². The summed E-state index contributed by atoms with van der Waals surface area (Å²) in [6.45, 7) is -0.459. The number of carbonyl (C=O) groups excluding carboxylic acids is 1. The quantitative estimate of drug-likeness (QED) is 0.495. The summed E-state index contributed by atoms with van der Waals surface area (Å²) in [5.41, 5.74) is -1.05. The van der Waals surface area contributed by atoms with Crippen molar-refractivity contribution in [2.45, 2.75) is 16.3 Å². The third-order valence-electron chi connectivity index (χ3n) is 3.85. The summed E-state index contributed by atoms with van der Waals surface area (Å²) >= 11 is 1.46. The molecule has 0 atom stereocenters. The minimum atomic E-state index is -0.764. The number of pyridine rings is 1. The van der Waals surface area contributed by atoms with Crippen molar-refractivity contribution in [1.82, 2.24) is 4.57 Å². The zero-order valence-corrected chi connectivity index (χ0v) is 15.8. The van der Waals surface area contributed by atoms with Crippen LogP contribution in [-0.4, -0.2) is 15.4 Å². The summed E-state index contributed by atoms with van der Waals surface area (Å²) in [7, 11) is 0. The van der Waals surface area contributed by atoms with E-state index in [0.717, 1.165) is 26.6 Å². The maximum absolute atomic E-state index is 12.5. The number of hydrogen-bond acceptors (Lipinski definition) is 6. The number of nitro groups is 1. The van der Waals surface area contributed by atoms with Crippen LogP contribution < -0.4 is 10.9 Å². The summed E-state index contributed by atoms with van der Waals surface area (Å²) in [4.78, 5) is 36.8. The van der Waals surface area contributed by atoms with Gasteiger partial charge in [-0.2, -0.15) is 5.26 Å². The van der Waals surface area contributed by atoms with Gasteiger partial charge in [0, 0.05) is 15.9 Å². The molecule has 0 radical (unpaired) electrons. The van der Waals surface area contributed by atoms with E-state index in [4.69, 9.17) is 5.26 Å². The molecule has 3 rings (SSSR count). The normalized spacial score (nSPS) is 10.2. The van der Waals surface area contributed by atoms with Crippen molar-refractivity contribution in [3.8, 4) is 6.07 Å². The fraction of sp³-hybridized carbons (Fsp3) is 0.0500. The lowest BCUT2D eigenvalue weighted by atomic mass is 10.2. The summed E-state index contributed by atoms with van der Waals surface area (Å²) in [6.07, 6.45) is 0.952. The van der Waals surface area contributed by atoms with Gasteiger partial charge in [0.25, 0.3) is 11.2 Å². The molecule has 0 bridgehead atoms. The Morgan fingerprint density at radius 1 is 1.17 bits per heavy atom. The second-order valence-electron chi connectivity index (χ2n) is 5.87. The maximum Gasteiger partial charge on any atom is 0.287 e. The van der Waals surface area contributed by atoms with Crippen LogP contribution in [-0.2, 0) is 11.3 Å². The zero-order chi connectivity index (χ0) is 20.8. The second kappa shape index (κ2) is 8.86. The first-order valence-corrected chi connectivity index (χ1v) is 9.20. The largest absolute Gasteiger partial charge is 0.324 e. The Bertz CT molecular complexity index is 1170. The van der Waals surface area contributed by atoms with Crippen LogP contribution in [0.15, 0.2) is 81.4 Å². The molecule has 144 valence electrons. The third kappa shape index (κ3) is 4.88. The lowest BCUT2D eigenvalue weighted by Crippen LogP contribution is -2.29. The highest BCUT2D eigenvalue weighted by Crippen LogP contribution is 2.33. The van der Waals surface area contributed by atoms with Crippen molar-refractivity contribution < 1.29 is 9.72 Å². The molecule has 9 heteroatoms. The van der Waals surface area contributed by atoms with Gasteiger partial charge in [-0.25, -0.2) is 0 Å². The van der Waals surface area contributed by atoms with E-state index in [9.17, 15) is 19.7 Å². The number of carbonyl (C=O) groups is 1. The number of nitriles is 1. The van der Waals surface area contributed by atoms with Crippen LogP contribution in [0.3, 0.4) is 0 Å². The van der Waals surface area contributed by atoms with Gasteiger partial charge in [-0.3, -0.25) is 24.3 Å². The number of anilines is 1. The topological polar surface area (TPSA) is 118 Å². The maximum atomic E-state index is 12.5. The molecule has 29 heavy (non-hydrogen) atoms. The molecule has 0 aliphatic carbocycles. The SMILES string of the molecule is N#Cc1cc([N+](=O)[O-])cn(CC(=O)Nc2ccccc2Sc2ccccc2)c1=O. The van der Waals surface area contributed by atoms with E-state index in [-0.39, 0.29) is 0 Å². The van der Waals surface area contributed by atoms with Gasteiger partial charge < -0.3 is 5.32 Å². The van der Waals surface area contributed by atoms with E-state index in [1.165, 1.54) is 11.8 Å². The van der Waals surface area contributed by atoms with Crippen LogP contribution in [0.2, 0.25) is 0 Å². The molecule has 0 saturated heterocycles. The van der Waals surface area contributed by atoms with E-state index < -0.39 is 34.2 Å². The molecule has 0 fully saturated rings. The van der Waals surface area contributed by atoms with Crippen molar-refractivity contribution in [2.75, 3.05) is 5.32 Å². The fourth-order valence-corrected chi connectivity index (χ4v) is 3.46. The van der Waals surface area contributed by atoms with Crippen molar-refractivity contribution in [2.24, 2.45) is 0 Å². The first kappa shape index (κ1) is 19.9. The van der Waals surface area contributed by atoms with Gasteiger partial charge in [0.15, 0.2) is 0 Å². The highest BCUT2D eigenvalue weighted by atomic mass is 32.2. The second-order valence-corrected chi connectivity index (χ2v) is 6.99. The fourth-order valence-electron chi connectivity index (χ4n) is 2.54. The highest BCUT2D eigenvalue weighted by molar-refractivity contribution is 7.99. The molecule has 1 N–H and O–H groups in total. The number of amides is 1. The summed E-state index contributed by atoms with van der Waals surface area (Å²) in [6, 6.07) is 19.3. The summed E-state index contributed by atoms with van der Waals surface area (Å²) < 4.78 is 0.860. The van der Waals surface area contributed by atoms with Gasteiger partial charge in [-0.05, 0) is 24.3 Å². The molecule has 1 amide bonds. The van der Waals surface area contributed by atoms with Crippen LogP contribution in [0, 0.1) is 21.4 Å². The monoisotopic (exact) mass is 406 g/mol. The number of aromatic nitrogens is 1. The van der Waals surface area contributed by atoms with Crippen molar-refractivity contribution in [3.05, 3.63) is 92.9 Å². The van der Waals surface area contributed by atoms with Crippen molar-refractivity contribution in [3.63, 3.8) is 0 Å². The van der Waals surface area contributed by atoms with E-state index in [0.29, 0.717) is 5.69 Å². The number of hydrogen-bond donors (Lipinski definition) is 1. The molecule has 0 unspecified atom stereocenters. The van der Waals surface area contributed by atoms with Crippen LogP contribution in [0.25, 0.3) is 0 Å². The van der Waals surface area contributed by atoms with Gasteiger partial charge in [0.1, 0.15) is 18.2 Å². The Kier molecular flexibility index (Phi) is 6.06. The minimum absolute atomic E-state index is 0.396. The van der Waals surface area contributed by atoms with Crippen molar-refractivity contribution in [1.29, 1.82) is 5.26 Å². The highest BCUT2D eigenvalue weighted by Gasteiger charge is 2.16. The van der Waals surface area contributed by atoms with E-state index in [2.05, 4.69) is 5.32 Å². The molecule has 3 aromatic rings. The Morgan fingerprint density at radius 2 is 1.86 bits per heavy atom. The van der Waals surface area contributed by atoms with E-state index in [1.54, 1.807) is 18.2 Å². The average Bonchev–Trinajstić information content (AvgIpc) is 2.71. The van der Waals surface area contributed by atoms with E-state index >= 15 is 0 Å². The third-order valence-corrected chi connectivity index (χ3v) is 4.93. The Hall–Kier alpha value is -3.90. The first-order valence-electron chi connectivity index (χ1n) is 8.38. The number of rotatable bonds is 6. The summed E-state index contributed by atoms with van der Waals surface area (Å²) in [5, 5.41) is 22.7. The number of benzene rings is 2. The molecule has 0 saturated carbocycles. The molecular formula is C20H14N4O4S.